The van der Waals surface area contributed by atoms with Crippen LogP contribution < -0.4 is 10.0 Å². The molecule has 32 heavy (non-hydrogen) atoms. The third-order valence-corrected chi connectivity index (χ3v) is 7.28. The summed E-state index contributed by atoms with van der Waals surface area (Å²) in [6.45, 7) is 3.26. The van der Waals surface area contributed by atoms with E-state index in [1.54, 1.807) is 13.1 Å². The number of nitrogens with zero attached hydrogens (tertiary/aromatic N) is 1. The van der Waals surface area contributed by atoms with Crippen LogP contribution >= 0.6 is 0 Å². The molecule has 2 aromatic rings. The predicted octanol–water partition coefficient (Wildman–Crippen LogP) is 2.73. The predicted molar refractivity (Wildman–Crippen MR) is 125 cm³/mol. The van der Waals surface area contributed by atoms with Crippen LogP contribution in [0, 0.1) is 0 Å². The summed E-state index contributed by atoms with van der Waals surface area (Å²) in [5.41, 5.74) is 4.31. The van der Waals surface area contributed by atoms with Gasteiger partial charge in [0.25, 0.3) is 0 Å². The fourth-order valence-corrected chi connectivity index (χ4v) is 5.37. The molecule has 2 heterocycles. The molecule has 2 N–H and O–H groups in total. The van der Waals surface area contributed by atoms with E-state index in [0.29, 0.717) is 38.8 Å². The standard InChI is InChI=1S/C24H33N3O4S/c1-2-31-24(28)9-8-19-14-20(16-22(15-19)17-21-6-5-11-25-18-21)10-13-27-32(29,30)23-7-3-4-12-26-23/h5-6,11,14-16,18,23,26-27H,2-4,7-10,12-13,17H2,1H3. The van der Waals surface area contributed by atoms with Gasteiger partial charge in [0.2, 0.25) is 10.0 Å². The van der Waals surface area contributed by atoms with Crippen molar-refractivity contribution in [3.63, 3.8) is 0 Å². The van der Waals surface area contributed by atoms with Crippen LogP contribution in [0.25, 0.3) is 0 Å². The summed E-state index contributed by atoms with van der Waals surface area (Å²) in [6.07, 6.45) is 8.41. The van der Waals surface area contributed by atoms with Crippen molar-refractivity contribution in [2.75, 3.05) is 19.7 Å². The van der Waals surface area contributed by atoms with Crippen LogP contribution in [0.15, 0.2) is 42.7 Å². The lowest BCUT2D eigenvalue weighted by molar-refractivity contribution is -0.143. The summed E-state index contributed by atoms with van der Waals surface area (Å²) in [5, 5.41) is 2.58. The lowest BCUT2D eigenvalue weighted by atomic mass is 9.97. The second-order valence-corrected chi connectivity index (χ2v) is 10.1. The molecular weight excluding hydrogens is 426 g/mol. The second-order valence-electron chi connectivity index (χ2n) is 8.13. The summed E-state index contributed by atoms with van der Waals surface area (Å²) in [7, 11) is -3.38. The zero-order valence-electron chi connectivity index (χ0n) is 18.7. The minimum absolute atomic E-state index is 0.209. The average Bonchev–Trinajstić information content (AvgIpc) is 2.79. The molecule has 8 heteroatoms. The summed E-state index contributed by atoms with van der Waals surface area (Å²) >= 11 is 0. The van der Waals surface area contributed by atoms with Crippen LogP contribution in [0.3, 0.4) is 0 Å². The number of sulfonamides is 1. The van der Waals surface area contributed by atoms with E-state index in [2.05, 4.69) is 33.2 Å². The van der Waals surface area contributed by atoms with Gasteiger partial charge in [-0.25, -0.2) is 13.1 Å². The van der Waals surface area contributed by atoms with E-state index in [1.165, 1.54) is 0 Å². The molecule has 1 aromatic heterocycles. The number of hydrogen-bond donors (Lipinski definition) is 2. The Morgan fingerprint density at radius 3 is 2.62 bits per heavy atom. The molecule has 1 unspecified atom stereocenters. The van der Waals surface area contributed by atoms with E-state index in [9.17, 15) is 13.2 Å². The van der Waals surface area contributed by atoms with Crippen LogP contribution in [0.1, 0.15) is 54.9 Å². The molecular formula is C24H33N3O4S. The molecule has 174 valence electrons. The molecule has 1 saturated heterocycles. The van der Waals surface area contributed by atoms with E-state index in [1.807, 2.05) is 18.3 Å². The van der Waals surface area contributed by atoms with Crippen LogP contribution in [0.4, 0.5) is 0 Å². The number of aryl methyl sites for hydroxylation is 1. The van der Waals surface area contributed by atoms with Crippen molar-refractivity contribution in [2.24, 2.45) is 0 Å². The molecule has 0 spiro atoms. The first-order chi connectivity index (χ1) is 15.5. The maximum Gasteiger partial charge on any atom is 0.306 e. The summed E-state index contributed by atoms with van der Waals surface area (Å²) in [6, 6.07) is 10.2. The quantitative estimate of drug-likeness (QED) is 0.502. The smallest absolute Gasteiger partial charge is 0.306 e. The van der Waals surface area contributed by atoms with Crippen molar-refractivity contribution in [2.45, 2.75) is 57.2 Å². The van der Waals surface area contributed by atoms with Gasteiger partial charge in [0.1, 0.15) is 5.37 Å². The average molecular weight is 460 g/mol. The van der Waals surface area contributed by atoms with Crippen LogP contribution in [0.2, 0.25) is 0 Å². The van der Waals surface area contributed by atoms with Gasteiger partial charge in [-0.1, -0.05) is 24.3 Å². The fraction of sp³-hybridized carbons (Fsp3) is 0.500. The van der Waals surface area contributed by atoms with Gasteiger partial charge in [-0.3, -0.25) is 9.78 Å². The fourth-order valence-electron chi connectivity index (χ4n) is 3.97. The number of nitrogens with one attached hydrogen (secondary N) is 2. The van der Waals surface area contributed by atoms with Crippen molar-refractivity contribution in [1.82, 2.24) is 15.0 Å². The van der Waals surface area contributed by atoms with E-state index in [4.69, 9.17) is 4.74 Å². The molecule has 0 amide bonds. The van der Waals surface area contributed by atoms with Crippen molar-refractivity contribution >= 4 is 16.0 Å². The maximum absolute atomic E-state index is 12.6. The number of rotatable bonds is 11. The lowest BCUT2D eigenvalue weighted by Gasteiger charge is -2.23. The van der Waals surface area contributed by atoms with Crippen LogP contribution in [-0.2, 0) is 38.8 Å². The molecule has 1 aliphatic heterocycles. The zero-order valence-corrected chi connectivity index (χ0v) is 19.5. The van der Waals surface area contributed by atoms with Gasteiger partial charge < -0.3 is 10.1 Å². The first kappa shape index (κ1) is 24.4. The van der Waals surface area contributed by atoms with Crippen molar-refractivity contribution in [1.29, 1.82) is 0 Å². The molecule has 7 nitrogen and oxygen atoms in total. The van der Waals surface area contributed by atoms with E-state index < -0.39 is 15.4 Å². The number of hydrogen-bond acceptors (Lipinski definition) is 6. The molecule has 1 aromatic carbocycles. The number of benzene rings is 1. The third kappa shape index (κ3) is 7.69. The minimum atomic E-state index is -3.38. The van der Waals surface area contributed by atoms with Gasteiger partial charge in [0, 0.05) is 25.4 Å². The normalized spacial score (nSPS) is 16.6. The van der Waals surface area contributed by atoms with Gasteiger partial charge in [0.05, 0.1) is 6.61 Å². The summed E-state index contributed by atoms with van der Waals surface area (Å²) < 4.78 is 32.9. The van der Waals surface area contributed by atoms with E-state index >= 15 is 0 Å². The Morgan fingerprint density at radius 2 is 1.94 bits per heavy atom. The van der Waals surface area contributed by atoms with Crippen LogP contribution in [-0.4, -0.2) is 44.4 Å². The highest BCUT2D eigenvalue weighted by atomic mass is 32.2. The summed E-state index contributed by atoms with van der Waals surface area (Å²) in [5.74, 6) is -0.209. The van der Waals surface area contributed by atoms with Gasteiger partial charge in [-0.2, -0.15) is 0 Å². The number of esters is 1. The monoisotopic (exact) mass is 459 g/mol. The Balaban J connectivity index is 1.67. The lowest BCUT2D eigenvalue weighted by Crippen LogP contribution is -2.46. The first-order valence-corrected chi connectivity index (χ1v) is 12.9. The molecule has 1 atom stereocenters. The molecule has 1 aliphatic rings. The largest absolute Gasteiger partial charge is 0.466 e. The topological polar surface area (TPSA) is 97.4 Å². The SMILES string of the molecule is CCOC(=O)CCc1cc(CCNS(=O)(=O)C2CCCCN2)cc(Cc2cccnc2)c1. The number of ether oxygens (including phenoxy) is 1. The van der Waals surface area contributed by atoms with E-state index in [0.717, 1.165) is 48.1 Å². The highest BCUT2D eigenvalue weighted by molar-refractivity contribution is 7.90. The molecule has 0 bridgehead atoms. The second kappa shape index (κ2) is 12.1. The van der Waals surface area contributed by atoms with Gasteiger partial charge >= 0.3 is 5.97 Å². The number of carbonyl (C=O) groups excluding carboxylic acids is 1. The number of carbonyl (C=O) groups is 1. The zero-order chi connectivity index (χ0) is 22.8. The highest BCUT2D eigenvalue weighted by Gasteiger charge is 2.26. The maximum atomic E-state index is 12.6. The molecule has 3 rings (SSSR count). The van der Waals surface area contributed by atoms with Crippen molar-refractivity contribution in [3.8, 4) is 0 Å². The Kier molecular flexibility index (Phi) is 9.20. The molecule has 1 fully saturated rings. The van der Waals surface area contributed by atoms with Crippen molar-refractivity contribution < 1.29 is 17.9 Å². The van der Waals surface area contributed by atoms with Crippen LogP contribution in [0.5, 0.6) is 0 Å². The third-order valence-electron chi connectivity index (χ3n) is 5.52. The first-order valence-electron chi connectivity index (χ1n) is 11.3. The number of aromatic nitrogens is 1. The van der Waals surface area contributed by atoms with E-state index in [-0.39, 0.29) is 5.97 Å². The number of pyridine rings is 1. The molecule has 0 radical (unpaired) electrons. The minimum Gasteiger partial charge on any atom is -0.466 e. The molecule has 0 aliphatic carbocycles. The van der Waals surface area contributed by atoms with Crippen molar-refractivity contribution in [3.05, 3.63) is 65.0 Å². The summed E-state index contributed by atoms with van der Waals surface area (Å²) in [4.78, 5) is 16.0. The Labute approximate surface area is 191 Å². The Hall–Kier alpha value is -2.29. The molecule has 0 saturated carbocycles. The Morgan fingerprint density at radius 1 is 1.16 bits per heavy atom. The van der Waals surface area contributed by atoms with Gasteiger partial charge in [0.15, 0.2) is 0 Å². The van der Waals surface area contributed by atoms with Gasteiger partial charge in [-0.05, 0) is 80.3 Å². The number of piperidine rings is 1. The Bertz CT molecular complexity index is 974. The van der Waals surface area contributed by atoms with Gasteiger partial charge in [-0.15, -0.1) is 0 Å². The highest BCUT2D eigenvalue weighted by Crippen LogP contribution is 2.17.